The van der Waals surface area contributed by atoms with Gasteiger partial charge in [0.2, 0.25) is 16.0 Å². The Labute approximate surface area is 190 Å². The van der Waals surface area contributed by atoms with Crippen molar-refractivity contribution in [3.05, 3.63) is 54.0 Å². The van der Waals surface area contributed by atoms with Crippen LogP contribution in [0.1, 0.15) is 5.56 Å². The molecule has 0 saturated carbocycles. The molecule has 0 fully saturated rings. The molecule has 0 atom stereocenters. The van der Waals surface area contributed by atoms with Crippen LogP contribution in [0.2, 0.25) is 0 Å². The Morgan fingerprint density at radius 2 is 1.94 bits per heavy atom. The third-order valence-corrected chi connectivity index (χ3v) is 4.91. The predicted molar refractivity (Wildman–Crippen MR) is 124 cm³/mol. The van der Waals surface area contributed by atoms with Crippen LogP contribution >= 0.6 is 0 Å². The highest BCUT2D eigenvalue weighted by atomic mass is 32.2. The van der Waals surface area contributed by atoms with Crippen molar-refractivity contribution in [2.24, 2.45) is 0 Å². The van der Waals surface area contributed by atoms with Gasteiger partial charge in [0.1, 0.15) is 18.1 Å². The van der Waals surface area contributed by atoms with Gasteiger partial charge in [0, 0.05) is 6.07 Å². The molecule has 2 aromatic carbocycles. The summed E-state index contributed by atoms with van der Waals surface area (Å²) in [5, 5.41) is 14.7. The zero-order chi connectivity index (χ0) is 24.0. The van der Waals surface area contributed by atoms with Crippen molar-refractivity contribution in [3.8, 4) is 11.5 Å². The molecule has 3 rings (SSSR count). The summed E-state index contributed by atoms with van der Waals surface area (Å²) < 4.78 is 51.2. The number of ether oxygens (including phenoxy) is 2. The summed E-state index contributed by atoms with van der Waals surface area (Å²) in [5.74, 6) is 0.0959. The van der Waals surface area contributed by atoms with Gasteiger partial charge in [-0.3, -0.25) is 4.72 Å². The van der Waals surface area contributed by atoms with E-state index < -0.39 is 15.8 Å². The lowest BCUT2D eigenvalue weighted by Crippen LogP contribution is -2.13. The molecule has 0 aliphatic heterocycles. The number of aliphatic hydroxyl groups excluding tert-OH is 1. The van der Waals surface area contributed by atoms with E-state index in [4.69, 9.17) is 14.6 Å². The quantitative estimate of drug-likeness (QED) is 0.347. The summed E-state index contributed by atoms with van der Waals surface area (Å²) in [6, 6.07) is 9.98. The molecule has 10 nitrogen and oxygen atoms in total. The van der Waals surface area contributed by atoms with Crippen LogP contribution in [0, 0.1) is 12.7 Å². The van der Waals surface area contributed by atoms with Crippen molar-refractivity contribution >= 4 is 38.9 Å². The first kappa shape index (κ1) is 24.0. The van der Waals surface area contributed by atoms with Crippen molar-refractivity contribution in [3.63, 3.8) is 0 Å². The van der Waals surface area contributed by atoms with Gasteiger partial charge in [-0.1, -0.05) is 12.1 Å². The molecule has 3 aromatic rings. The fraction of sp³-hybridized carbons (Fsp3) is 0.238. The van der Waals surface area contributed by atoms with Crippen LogP contribution in [0.4, 0.5) is 33.2 Å². The van der Waals surface area contributed by atoms with E-state index in [1.165, 1.54) is 7.11 Å². The topological polar surface area (TPSA) is 135 Å². The summed E-state index contributed by atoms with van der Waals surface area (Å²) in [6.07, 6.45) is 2.01. The number of nitrogens with one attached hydrogen (secondary N) is 3. The second-order valence-electron chi connectivity index (χ2n) is 6.95. The fourth-order valence-electron chi connectivity index (χ4n) is 2.89. The lowest BCUT2D eigenvalue weighted by molar-refractivity contribution is 0.201. The van der Waals surface area contributed by atoms with Crippen LogP contribution in [-0.4, -0.2) is 50.1 Å². The van der Waals surface area contributed by atoms with Gasteiger partial charge in [0.15, 0.2) is 11.6 Å². The number of hydrogen-bond acceptors (Lipinski definition) is 9. The summed E-state index contributed by atoms with van der Waals surface area (Å²) in [4.78, 5) is 8.13. The first-order valence-corrected chi connectivity index (χ1v) is 11.6. The second-order valence-corrected chi connectivity index (χ2v) is 8.69. The number of aliphatic hydroxyl groups is 1. The molecule has 33 heavy (non-hydrogen) atoms. The molecule has 0 bridgehead atoms. The molecular weight excluding hydrogens is 453 g/mol. The van der Waals surface area contributed by atoms with Crippen LogP contribution in [0.15, 0.2) is 42.6 Å². The van der Waals surface area contributed by atoms with Crippen LogP contribution < -0.4 is 24.8 Å². The average Bonchev–Trinajstić information content (AvgIpc) is 2.76. The third-order valence-electron chi connectivity index (χ3n) is 4.33. The van der Waals surface area contributed by atoms with Crippen molar-refractivity contribution < 1.29 is 27.4 Å². The maximum atomic E-state index is 14.5. The molecule has 0 radical (unpaired) electrons. The smallest absolute Gasteiger partial charge is 0.229 e. The maximum Gasteiger partial charge on any atom is 0.229 e. The molecule has 4 N–H and O–H groups in total. The number of para-hydroxylation sites is 1. The van der Waals surface area contributed by atoms with Crippen molar-refractivity contribution in [2.45, 2.75) is 6.92 Å². The highest BCUT2D eigenvalue weighted by molar-refractivity contribution is 7.92. The van der Waals surface area contributed by atoms with Gasteiger partial charge in [0.05, 0.1) is 43.2 Å². The molecule has 1 aromatic heterocycles. The number of sulfonamides is 1. The highest BCUT2D eigenvalue weighted by Crippen LogP contribution is 2.33. The SMILES string of the molecule is COc1ccc(OCCO)cc1Nc1ncc(F)c(Nc2cccc(C)c2NS(C)(=O)=O)n1. The van der Waals surface area contributed by atoms with Crippen LogP contribution in [-0.2, 0) is 10.0 Å². The van der Waals surface area contributed by atoms with E-state index in [2.05, 4.69) is 25.3 Å². The lowest BCUT2D eigenvalue weighted by atomic mass is 10.2. The summed E-state index contributed by atoms with van der Waals surface area (Å²) >= 11 is 0. The number of aryl methyl sites for hydroxylation is 1. The van der Waals surface area contributed by atoms with E-state index in [1.807, 2.05) is 0 Å². The minimum Gasteiger partial charge on any atom is -0.495 e. The Morgan fingerprint density at radius 3 is 2.64 bits per heavy atom. The van der Waals surface area contributed by atoms with Crippen LogP contribution in [0.5, 0.6) is 11.5 Å². The minimum absolute atomic E-state index is 0.0572. The van der Waals surface area contributed by atoms with E-state index >= 15 is 0 Å². The Bertz CT molecular complexity index is 1240. The van der Waals surface area contributed by atoms with E-state index in [0.717, 1.165) is 12.5 Å². The Kier molecular flexibility index (Phi) is 7.51. The Balaban J connectivity index is 1.91. The zero-order valence-electron chi connectivity index (χ0n) is 18.2. The maximum absolute atomic E-state index is 14.5. The molecule has 0 aliphatic rings. The molecule has 1 heterocycles. The minimum atomic E-state index is -3.56. The van der Waals surface area contributed by atoms with Crippen LogP contribution in [0.25, 0.3) is 0 Å². The number of aromatic nitrogens is 2. The molecule has 0 unspecified atom stereocenters. The fourth-order valence-corrected chi connectivity index (χ4v) is 3.54. The predicted octanol–water partition coefficient (Wildman–Crippen LogP) is 3.16. The van der Waals surface area contributed by atoms with Crippen molar-refractivity contribution in [1.82, 2.24) is 9.97 Å². The molecule has 0 spiro atoms. The first-order chi connectivity index (χ1) is 15.7. The van der Waals surface area contributed by atoms with E-state index in [9.17, 15) is 12.8 Å². The standard InChI is InChI=1S/C21H24FN5O5S/c1-13-5-4-6-16(19(13)27-33(3,29)30)24-20-15(22)12-23-21(26-20)25-17-11-14(32-10-9-28)7-8-18(17)31-2/h4-8,11-12,27-28H,9-10H2,1-3H3,(H2,23,24,25,26). The Hall–Kier alpha value is -3.64. The molecular formula is C21H24FN5O5S. The van der Waals surface area contributed by atoms with E-state index in [1.54, 1.807) is 43.3 Å². The molecule has 12 heteroatoms. The van der Waals surface area contributed by atoms with Crippen molar-refractivity contribution in [1.29, 1.82) is 0 Å². The van der Waals surface area contributed by atoms with Gasteiger partial charge in [0.25, 0.3) is 0 Å². The van der Waals surface area contributed by atoms with Crippen LogP contribution in [0.3, 0.4) is 0 Å². The highest BCUT2D eigenvalue weighted by Gasteiger charge is 2.15. The molecule has 176 valence electrons. The molecule has 0 aliphatic carbocycles. The average molecular weight is 478 g/mol. The Morgan fingerprint density at radius 1 is 1.15 bits per heavy atom. The number of hydrogen-bond donors (Lipinski definition) is 4. The van der Waals surface area contributed by atoms with Gasteiger partial charge < -0.3 is 25.2 Å². The third kappa shape index (κ3) is 6.43. The number of methoxy groups -OCH3 is 1. The second kappa shape index (κ2) is 10.3. The van der Waals surface area contributed by atoms with E-state index in [0.29, 0.717) is 28.4 Å². The number of rotatable bonds is 10. The number of anilines is 5. The van der Waals surface area contributed by atoms with Gasteiger partial charge in [-0.25, -0.2) is 17.8 Å². The zero-order valence-corrected chi connectivity index (χ0v) is 19.0. The van der Waals surface area contributed by atoms with Crippen molar-refractivity contribution in [2.75, 3.05) is 41.9 Å². The van der Waals surface area contributed by atoms with Gasteiger partial charge in [-0.2, -0.15) is 4.98 Å². The normalized spacial score (nSPS) is 11.1. The van der Waals surface area contributed by atoms with Gasteiger partial charge in [-0.15, -0.1) is 0 Å². The first-order valence-electron chi connectivity index (χ1n) is 9.76. The molecule has 0 saturated heterocycles. The molecule has 0 amide bonds. The largest absolute Gasteiger partial charge is 0.495 e. The number of benzene rings is 2. The van der Waals surface area contributed by atoms with E-state index in [-0.39, 0.29) is 30.7 Å². The van der Waals surface area contributed by atoms with Gasteiger partial charge in [-0.05, 0) is 30.7 Å². The monoisotopic (exact) mass is 477 g/mol. The number of nitrogens with zero attached hydrogens (tertiary/aromatic N) is 2. The number of halogens is 1. The summed E-state index contributed by atoms with van der Waals surface area (Å²) in [7, 11) is -2.07. The lowest BCUT2D eigenvalue weighted by Gasteiger charge is -2.16. The van der Waals surface area contributed by atoms with Gasteiger partial charge >= 0.3 is 0 Å². The summed E-state index contributed by atoms with van der Waals surface area (Å²) in [5.41, 5.74) is 1.70. The summed E-state index contributed by atoms with van der Waals surface area (Å²) in [6.45, 7) is 1.70.